The van der Waals surface area contributed by atoms with Crippen molar-refractivity contribution in [1.82, 2.24) is 10.2 Å². The van der Waals surface area contributed by atoms with Gasteiger partial charge in [0.15, 0.2) is 0 Å². The zero-order chi connectivity index (χ0) is 12.1. The Morgan fingerprint density at radius 3 is 3.24 bits per heavy atom. The topological polar surface area (TPSA) is 32.3 Å². The van der Waals surface area contributed by atoms with Gasteiger partial charge in [0.1, 0.15) is 0 Å². The lowest BCUT2D eigenvalue weighted by Crippen LogP contribution is -2.47. The Morgan fingerprint density at radius 2 is 2.53 bits per heavy atom. The first-order chi connectivity index (χ1) is 8.29. The molecule has 1 N–H and O–H groups in total. The van der Waals surface area contributed by atoms with Gasteiger partial charge < -0.3 is 10.2 Å². The Morgan fingerprint density at radius 1 is 1.65 bits per heavy atom. The average Bonchev–Trinajstić information content (AvgIpc) is 2.89. The second kappa shape index (κ2) is 6.17. The van der Waals surface area contributed by atoms with Crippen LogP contribution in [0.5, 0.6) is 0 Å². The molecule has 1 saturated heterocycles. The van der Waals surface area contributed by atoms with E-state index in [-0.39, 0.29) is 0 Å². The van der Waals surface area contributed by atoms with Gasteiger partial charge in [0.05, 0.1) is 0 Å². The summed E-state index contributed by atoms with van der Waals surface area (Å²) in [6, 6.07) is 4.63. The minimum absolute atomic E-state index is 0.304. The van der Waals surface area contributed by atoms with Crippen molar-refractivity contribution in [3.8, 4) is 0 Å². The number of likely N-dealkylation sites (tertiary alicyclic amines) is 1. The van der Waals surface area contributed by atoms with Crippen molar-refractivity contribution in [2.45, 2.75) is 31.7 Å². The van der Waals surface area contributed by atoms with E-state index in [0.717, 1.165) is 25.9 Å². The van der Waals surface area contributed by atoms with Crippen LogP contribution in [-0.2, 0) is 11.2 Å². The number of aryl methyl sites for hydroxylation is 1. The predicted octanol–water partition coefficient (Wildman–Crippen LogP) is 1.89. The molecule has 1 amide bonds. The van der Waals surface area contributed by atoms with Gasteiger partial charge in [-0.15, -0.1) is 11.3 Å². The van der Waals surface area contributed by atoms with E-state index in [9.17, 15) is 4.79 Å². The zero-order valence-corrected chi connectivity index (χ0v) is 11.1. The largest absolute Gasteiger partial charge is 0.341 e. The molecular weight excluding hydrogens is 232 g/mol. The Labute approximate surface area is 107 Å². The van der Waals surface area contributed by atoms with Crippen LogP contribution < -0.4 is 5.32 Å². The van der Waals surface area contributed by atoms with Crippen LogP contribution in [0.25, 0.3) is 0 Å². The van der Waals surface area contributed by atoms with E-state index >= 15 is 0 Å². The lowest BCUT2D eigenvalue weighted by molar-refractivity contribution is -0.132. The first kappa shape index (κ1) is 12.6. The lowest BCUT2D eigenvalue weighted by Gasteiger charge is -2.32. The third-order valence-corrected chi connectivity index (χ3v) is 4.28. The van der Waals surface area contributed by atoms with Gasteiger partial charge in [-0.25, -0.2) is 0 Å². The Bertz CT molecular complexity index is 350. The molecular formula is C13H20N2OS. The molecule has 2 rings (SSSR count). The average molecular weight is 252 g/mol. The predicted molar refractivity (Wildman–Crippen MR) is 71.3 cm³/mol. The van der Waals surface area contributed by atoms with Gasteiger partial charge in [0.2, 0.25) is 5.91 Å². The number of hydrogen-bond acceptors (Lipinski definition) is 3. The monoisotopic (exact) mass is 252 g/mol. The number of nitrogens with zero attached hydrogens (tertiary/aromatic N) is 1. The Kier molecular flexibility index (Phi) is 4.57. The van der Waals surface area contributed by atoms with Crippen LogP contribution >= 0.6 is 11.3 Å². The number of piperidine rings is 1. The standard InChI is InChI=1S/C13H20N2OS/c1-14-11-4-2-8-15(10-11)13(16)7-6-12-5-3-9-17-12/h3,5,9,11,14H,2,4,6-8,10H2,1H3. The summed E-state index contributed by atoms with van der Waals surface area (Å²) in [5.41, 5.74) is 0. The number of rotatable bonds is 4. The third kappa shape index (κ3) is 3.54. The Balaban J connectivity index is 1.79. The fourth-order valence-electron chi connectivity index (χ4n) is 2.28. The first-order valence-electron chi connectivity index (χ1n) is 6.27. The highest BCUT2D eigenvalue weighted by molar-refractivity contribution is 7.09. The van der Waals surface area contributed by atoms with E-state index in [1.165, 1.54) is 11.3 Å². The van der Waals surface area contributed by atoms with E-state index in [1.54, 1.807) is 11.3 Å². The molecule has 1 aliphatic rings. The molecule has 1 aromatic rings. The van der Waals surface area contributed by atoms with Gasteiger partial charge >= 0.3 is 0 Å². The zero-order valence-electron chi connectivity index (χ0n) is 10.3. The highest BCUT2D eigenvalue weighted by Gasteiger charge is 2.22. The summed E-state index contributed by atoms with van der Waals surface area (Å²) in [6.45, 7) is 1.81. The van der Waals surface area contributed by atoms with Crippen molar-refractivity contribution in [3.05, 3.63) is 22.4 Å². The normalized spacial score (nSPS) is 20.5. The van der Waals surface area contributed by atoms with Gasteiger partial charge in [0, 0.05) is 30.4 Å². The molecule has 0 aliphatic carbocycles. The van der Waals surface area contributed by atoms with Gasteiger partial charge in [-0.1, -0.05) is 6.07 Å². The summed E-state index contributed by atoms with van der Waals surface area (Å²) in [6.07, 6.45) is 3.84. The van der Waals surface area contributed by atoms with E-state index in [0.29, 0.717) is 18.4 Å². The van der Waals surface area contributed by atoms with E-state index < -0.39 is 0 Å². The summed E-state index contributed by atoms with van der Waals surface area (Å²) in [4.78, 5) is 15.4. The van der Waals surface area contributed by atoms with Crippen LogP contribution in [-0.4, -0.2) is 37.0 Å². The van der Waals surface area contributed by atoms with Crippen molar-refractivity contribution in [1.29, 1.82) is 0 Å². The Hall–Kier alpha value is -0.870. The number of thiophene rings is 1. The molecule has 17 heavy (non-hydrogen) atoms. The smallest absolute Gasteiger partial charge is 0.222 e. The minimum Gasteiger partial charge on any atom is -0.341 e. The SMILES string of the molecule is CNC1CCCN(C(=O)CCc2cccs2)C1. The van der Waals surface area contributed by atoms with Crippen molar-refractivity contribution in [3.63, 3.8) is 0 Å². The first-order valence-corrected chi connectivity index (χ1v) is 7.15. The van der Waals surface area contributed by atoms with Crippen LogP contribution in [0, 0.1) is 0 Å². The van der Waals surface area contributed by atoms with Crippen LogP contribution in [0.3, 0.4) is 0 Å². The van der Waals surface area contributed by atoms with Gasteiger partial charge in [-0.3, -0.25) is 4.79 Å². The molecule has 1 atom stereocenters. The molecule has 0 bridgehead atoms. The van der Waals surface area contributed by atoms with E-state index in [1.807, 2.05) is 18.0 Å². The number of amides is 1. The van der Waals surface area contributed by atoms with Crippen molar-refractivity contribution < 1.29 is 4.79 Å². The van der Waals surface area contributed by atoms with Crippen molar-refractivity contribution in [2.75, 3.05) is 20.1 Å². The van der Waals surface area contributed by atoms with E-state index in [4.69, 9.17) is 0 Å². The molecule has 1 aromatic heterocycles. The number of carbonyl (C=O) groups excluding carboxylic acids is 1. The number of carbonyl (C=O) groups is 1. The maximum absolute atomic E-state index is 12.1. The van der Waals surface area contributed by atoms with Gasteiger partial charge in [-0.2, -0.15) is 0 Å². The second-order valence-corrected chi connectivity index (χ2v) is 5.58. The van der Waals surface area contributed by atoms with Crippen LogP contribution in [0.4, 0.5) is 0 Å². The van der Waals surface area contributed by atoms with Crippen LogP contribution in [0.1, 0.15) is 24.1 Å². The molecule has 0 spiro atoms. The molecule has 0 aromatic carbocycles. The van der Waals surface area contributed by atoms with Crippen LogP contribution in [0.15, 0.2) is 17.5 Å². The van der Waals surface area contributed by atoms with Gasteiger partial charge in [-0.05, 0) is 37.8 Å². The lowest BCUT2D eigenvalue weighted by atomic mass is 10.1. The fourth-order valence-corrected chi connectivity index (χ4v) is 2.99. The quantitative estimate of drug-likeness (QED) is 0.887. The molecule has 2 heterocycles. The summed E-state index contributed by atoms with van der Waals surface area (Å²) >= 11 is 1.73. The van der Waals surface area contributed by atoms with Gasteiger partial charge in [0.25, 0.3) is 0 Å². The molecule has 0 saturated carbocycles. The van der Waals surface area contributed by atoms with Crippen LogP contribution in [0.2, 0.25) is 0 Å². The third-order valence-electron chi connectivity index (χ3n) is 3.35. The number of nitrogens with one attached hydrogen (secondary N) is 1. The maximum Gasteiger partial charge on any atom is 0.222 e. The number of likely N-dealkylation sites (N-methyl/N-ethyl adjacent to an activating group) is 1. The highest BCUT2D eigenvalue weighted by atomic mass is 32.1. The van der Waals surface area contributed by atoms with Crippen molar-refractivity contribution >= 4 is 17.2 Å². The molecule has 94 valence electrons. The molecule has 1 aliphatic heterocycles. The summed E-state index contributed by atoms with van der Waals surface area (Å²) < 4.78 is 0. The molecule has 4 heteroatoms. The summed E-state index contributed by atoms with van der Waals surface area (Å²) in [5, 5.41) is 5.33. The molecule has 1 fully saturated rings. The molecule has 3 nitrogen and oxygen atoms in total. The summed E-state index contributed by atoms with van der Waals surface area (Å²) in [7, 11) is 1.98. The fraction of sp³-hybridized carbons (Fsp3) is 0.615. The molecule has 0 radical (unpaired) electrons. The van der Waals surface area contributed by atoms with E-state index in [2.05, 4.69) is 16.8 Å². The highest BCUT2D eigenvalue weighted by Crippen LogP contribution is 2.14. The number of hydrogen-bond donors (Lipinski definition) is 1. The summed E-state index contributed by atoms with van der Waals surface area (Å²) in [5.74, 6) is 0.304. The van der Waals surface area contributed by atoms with Crippen molar-refractivity contribution in [2.24, 2.45) is 0 Å². The maximum atomic E-state index is 12.1. The molecule has 1 unspecified atom stereocenters. The minimum atomic E-state index is 0.304. The second-order valence-electron chi connectivity index (χ2n) is 4.55.